The Bertz CT molecular complexity index is 882. The molecule has 0 saturated heterocycles. The monoisotopic (exact) mass is 522 g/mol. The molecule has 0 fully saturated rings. The summed E-state index contributed by atoms with van der Waals surface area (Å²) in [6.07, 6.45) is 0. The van der Waals surface area contributed by atoms with Crippen molar-refractivity contribution in [2.75, 3.05) is 0 Å². The summed E-state index contributed by atoms with van der Waals surface area (Å²) in [5.41, 5.74) is 0. The van der Waals surface area contributed by atoms with Gasteiger partial charge in [-0.05, 0) is 0 Å². The maximum Gasteiger partial charge on any atom is 6.00 e. The number of hydrogen-bond donors (Lipinski definition) is 0. The molecule has 27 heavy (non-hydrogen) atoms. The van der Waals surface area contributed by atoms with Crippen molar-refractivity contribution in [3.8, 4) is 59.6 Å². The van der Waals surface area contributed by atoms with Gasteiger partial charge in [0.05, 0.1) is 0 Å². The number of nitrogens with zero attached hydrogens (tertiary/aromatic N) is 12. The van der Waals surface area contributed by atoms with E-state index >= 15 is 0 Å². The third kappa shape index (κ3) is 2.69. The van der Waals surface area contributed by atoms with Crippen LogP contribution in [0, 0.1) is 123 Å². The first-order valence-electron chi connectivity index (χ1n) is 4.80. The molecule has 0 aliphatic rings. The quantitative estimate of drug-likeness (QED) is 0.387. The molecule has 0 aliphatic carbocycles. The van der Waals surface area contributed by atoms with Crippen molar-refractivity contribution in [3.05, 3.63) is 0 Å². The topological polar surface area (TPSA) is 285 Å². The van der Waals surface area contributed by atoms with E-state index in [1.54, 1.807) is 0 Å². The number of nitriles is 12. The zero-order valence-corrected chi connectivity index (χ0v) is 16.7. The first kappa shape index (κ1) is 27.5. The third-order valence-electron chi connectivity index (χ3n) is 2.37. The van der Waals surface area contributed by atoms with Crippen molar-refractivity contribution in [2.24, 2.45) is 0 Å². The van der Waals surface area contributed by atoms with Gasteiger partial charge >= 0.3 is 165 Å². The van der Waals surface area contributed by atoms with Gasteiger partial charge in [0, 0.05) is 0 Å². The molecular weight excluding hydrogens is 520 g/mol. The van der Waals surface area contributed by atoms with Crippen LogP contribution in [0.3, 0.4) is 0 Å². The molecule has 0 atom stereocenters. The molecule has 0 bridgehead atoms. The summed E-state index contributed by atoms with van der Waals surface area (Å²) in [6.45, 7) is 0. The largest absolute Gasteiger partial charge is 6.00 e. The molecule has 0 radical (unpaired) electrons. The molecule has 0 aromatic rings. The van der Waals surface area contributed by atoms with E-state index in [2.05, 4.69) is 0 Å². The predicted octanol–water partition coefficient (Wildman–Crippen LogP) is 0.194. The second kappa shape index (κ2) is 6.49. The van der Waals surface area contributed by atoms with Gasteiger partial charge in [-0.15, -0.1) is 0 Å². The van der Waals surface area contributed by atoms with E-state index in [4.69, 9.17) is 63.1 Å². The van der Waals surface area contributed by atoms with E-state index in [0.29, 0.717) is 0 Å². The van der Waals surface area contributed by atoms with E-state index in [9.17, 15) is 0 Å². The van der Waals surface area contributed by atoms with E-state index in [-0.39, 0.29) is 21.1 Å². The van der Waals surface area contributed by atoms with Crippen LogP contribution in [0.5, 0.6) is 0 Å². The summed E-state index contributed by atoms with van der Waals surface area (Å²) in [6, 6.07) is 0. The first-order chi connectivity index (χ1) is 11.9. The Kier molecular flexibility index (Phi) is 6.60. The summed E-state index contributed by atoms with van der Waals surface area (Å²) in [4.78, 5) is 12.4. The SMILES string of the molecule is N#[C][Fe-3]([C]#N)([C]#N)([C]#N)([C]#N)[C]#N.N#[C][Fe-3]([C]#N)([C]#N)([C]#N)([C]#N)[C]#N.[Mo+6]. The van der Waals surface area contributed by atoms with Crippen LogP contribution in [0.4, 0.5) is 0 Å². The maximum atomic E-state index is 8.58. The van der Waals surface area contributed by atoms with Crippen molar-refractivity contribution in [2.45, 2.75) is 0 Å². The van der Waals surface area contributed by atoms with Crippen LogP contribution in [0.15, 0.2) is 0 Å². The van der Waals surface area contributed by atoms with Crippen molar-refractivity contribution in [1.82, 2.24) is 0 Å². The molecule has 0 spiro atoms. The number of hydrogen-bond acceptors (Lipinski definition) is 12. The zero-order chi connectivity index (χ0) is 21.3. The minimum atomic E-state index is -6.17. The van der Waals surface area contributed by atoms with Gasteiger partial charge in [0.2, 0.25) is 0 Å². The Hall–Kier alpha value is -4.39. The van der Waals surface area contributed by atoms with Crippen molar-refractivity contribution >= 4 is 0 Å². The minimum Gasteiger partial charge on any atom is 6.00 e. The molecule has 0 heterocycles. The van der Waals surface area contributed by atoms with Gasteiger partial charge < -0.3 is 0 Å². The average Bonchev–Trinajstić information content (AvgIpc) is 2.77. The molecule has 0 amide bonds. The van der Waals surface area contributed by atoms with Gasteiger partial charge in [-0.25, -0.2) is 0 Å². The van der Waals surface area contributed by atoms with Crippen molar-refractivity contribution in [1.29, 1.82) is 63.1 Å². The molecule has 0 N–H and O–H groups in total. The summed E-state index contributed by atoms with van der Waals surface area (Å²) in [5.74, 6) is 0. The van der Waals surface area contributed by atoms with Crippen molar-refractivity contribution in [3.63, 3.8) is 0 Å². The molecule has 0 rings (SSSR count). The van der Waals surface area contributed by atoms with Crippen LogP contribution in [-0.2, 0) is 42.5 Å². The second-order valence-corrected chi connectivity index (χ2v) is 14.8. The fraction of sp³-hybridized carbons (Fsp3) is 0. The van der Waals surface area contributed by atoms with Crippen LogP contribution in [0.25, 0.3) is 0 Å². The van der Waals surface area contributed by atoms with Crippen molar-refractivity contribution < 1.29 is 42.5 Å². The smallest absolute Gasteiger partial charge is 6.00 e. The Morgan fingerprint density at radius 3 is 0.333 bits per heavy atom. The van der Waals surface area contributed by atoms with Gasteiger partial charge in [0.25, 0.3) is 0 Å². The normalized spacial score (nSPS) is 12.9. The minimum absolute atomic E-state index is 0. The van der Waals surface area contributed by atoms with E-state index in [1.165, 1.54) is 0 Å². The predicted molar refractivity (Wildman–Crippen MR) is 67.4 cm³/mol. The molecule has 130 valence electrons. The molecular formula is C12Fe2MoN12. The number of rotatable bonds is 0. The zero-order valence-electron chi connectivity index (χ0n) is 12.5. The molecule has 0 aromatic carbocycles. The summed E-state index contributed by atoms with van der Waals surface area (Å²) in [5, 5.41) is 103. The van der Waals surface area contributed by atoms with Crippen LogP contribution in [0.1, 0.15) is 0 Å². The average molecular weight is 520 g/mol. The van der Waals surface area contributed by atoms with Crippen LogP contribution < -0.4 is 0 Å². The molecule has 0 unspecified atom stereocenters. The van der Waals surface area contributed by atoms with E-state index in [0.717, 1.165) is 59.6 Å². The van der Waals surface area contributed by atoms with Gasteiger partial charge in [-0.2, -0.15) is 0 Å². The van der Waals surface area contributed by atoms with Gasteiger partial charge in [-0.3, -0.25) is 0 Å². The molecule has 0 aromatic heterocycles. The fourth-order valence-corrected chi connectivity index (χ4v) is 2.19. The second-order valence-electron chi connectivity index (χ2n) is 3.60. The first-order valence-corrected chi connectivity index (χ1v) is 11.4. The van der Waals surface area contributed by atoms with Crippen LogP contribution in [0.2, 0.25) is 0 Å². The van der Waals surface area contributed by atoms with Crippen LogP contribution >= 0.6 is 0 Å². The van der Waals surface area contributed by atoms with E-state index < -0.39 is 21.5 Å². The molecule has 0 aliphatic heterocycles. The summed E-state index contributed by atoms with van der Waals surface area (Å²) in [7, 11) is -12.3. The maximum absolute atomic E-state index is 8.58. The standard InChI is InChI=1S/12CN.2Fe.Mo/c12*1-2;;;/q;;;;;;;;;;;;2*-3;+6. The Labute approximate surface area is 164 Å². The Balaban J connectivity index is -0.000000411. The van der Waals surface area contributed by atoms with Crippen LogP contribution in [-0.4, -0.2) is 0 Å². The molecule has 15 heteroatoms. The molecule has 12 nitrogen and oxygen atoms in total. The Morgan fingerprint density at radius 2 is 0.333 bits per heavy atom. The summed E-state index contributed by atoms with van der Waals surface area (Å²) < 4.78 is 0. The third-order valence-corrected chi connectivity index (χ3v) is 9.78. The van der Waals surface area contributed by atoms with Gasteiger partial charge in [-0.1, -0.05) is 0 Å². The molecule has 0 saturated carbocycles. The van der Waals surface area contributed by atoms with Gasteiger partial charge in [0.15, 0.2) is 0 Å². The van der Waals surface area contributed by atoms with Gasteiger partial charge in [0.1, 0.15) is 0 Å². The van der Waals surface area contributed by atoms with E-state index in [1.807, 2.05) is 0 Å². The summed E-state index contributed by atoms with van der Waals surface area (Å²) >= 11 is 0. The fourth-order valence-electron chi connectivity index (χ4n) is 0.530. The Morgan fingerprint density at radius 1 is 0.259 bits per heavy atom.